The number of hydrogen-bond acceptors (Lipinski definition) is 4. The van der Waals surface area contributed by atoms with Gasteiger partial charge in [-0.25, -0.2) is 4.98 Å². The molecule has 1 atom stereocenters. The molecule has 1 N–H and O–H groups in total. The lowest BCUT2D eigenvalue weighted by Crippen LogP contribution is -1.97. The molecule has 0 radical (unpaired) electrons. The normalized spacial score (nSPS) is 12.5. The summed E-state index contributed by atoms with van der Waals surface area (Å²) in [6, 6.07) is 15.7. The molecule has 1 aromatic heterocycles. The number of rotatable bonds is 5. The second-order valence-electron chi connectivity index (χ2n) is 4.86. The molecule has 108 valence electrons. The average Bonchev–Trinajstić information content (AvgIpc) is 2.95. The highest BCUT2D eigenvalue weighted by molar-refractivity contribution is 7.18. The first-order valence-corrected chi connectivity index (χ1v) is 7.83. The highest BCUT2D eigenvalue weighted by atomic mass is 32.1. The van der Waals surface area contributed by atoms with Gasteiger partial charge in [0.25, 0.3) is 0 Å². The largest absolute Gasteiger partial charge is 0.486 e. The highest BCUT2D eigenvalue weighted by Crippen LogP contribution is 2.24. The topological polar surface area (TPSA) is 42.4 Å². The average molecular weight is 299 g/mol. The highest BCUT2D eigenvalue weighted by Gasteiger charge is 2.06. The number of aromatic nitrogens is 1. The molecule has 21 heavy (non-hydrogen) atoms. The summed E-state index contributed by atoms with van der Waals surface area (Å²) in [4.78, 5) is 4.54. The molecule has 1 heterocycles. The summed E-state index contributed by atoms with van der Waals surface area (Å²) in [6.07, 6.45) is 0.314. The maximum absolute atomic E-state index is 9.76. The third kappa shape index (κ3) is 3.23. The zero-order valence-electron chi connectivity index (χ0n) is 11.8. The smallest absolute Gasteiger partial charge is 0.140 e. The molecular formula is C17H17NO2S. The molecule has 1 unspecified atom stereocenters. The lowest BCUT2D eigenvalue weighted by atomic mass is 10.1. The second-order valence-corrected chi connectivity index (χ2v) is 5.97. The van der Waals surface area contributed by atoms with Crippen LogP contribution in [-0.4, -0.2) is 10.1 Å². The number of benzene rings is 2. The van der Waals surface area contributed by atoms with Crippen LogP contribution < -0.4 is 4.74 Å². The molecule has 4 heteroatoms. The van der Waals surface area contributed by atoms with E-state index < -0.39 is 6.10 Å². The number of fused-ring (bicyclic) bond motifs is 1. The Kier molecular flexibility index (Phi) is 4.18. The third-order valence-corrected chi connectivity index (χ3v) is 4.36. The molecule has 0 aliphatic carbocycles. The quantitative estimate of drug-likeness (QED) is 0.763. The van der Waals surface area contributed by atoms with Gasteiger partial charge in [-0.15, -0.1) is 11.3 Å². The first kappa shape index (κ1) is 14.0. The Bertz CT molecular complexity index is 688. The molecular weight excluding hydrogens is 282 g/mol. The van der Waals surface area contributed by atoms with E-state index >= 15 is 0 Å². The van der Waals surface area contributed by atoms with E-state index in [4.69, 9.17) is 4.74 Å². The van der Waals surface area contributed by atoms with Gasteiger partial charge in [-0.3, -0.25) is 0 Å². The predicted octanol–water partition coefficient (Wildman–Crippen LogP) is 4.32. The third-order valence-electron chi connectivity index (χ3n) is 3.35. The van der Waals surface area contributed by atoms with Crippen LogP contribution in [0.4, 0.5) is 0 Å². The standard InChI is InChI=1S/C17H17NO2S/c1-2-15(19)12-7-9-13(10-8-12)20-11-17-18-14-5-3-4-6-16(14)21-17/h3-10,15,19H,2,11H2,1H3. The van der Waals surface area contributed by atoms with Gasteiger partial charge in [-0.1, -0.05) is 31.2 Å². The van der Waals surface area contributed by atoms with Crippen LogP contribution in [0.2, 0.25) is 0 Å². The van der Waals surface area contributed by atoms with Crippen molar-refractivity contribution in [2.75, 3.05) is 0 Å². The van der Waals surface area contributed by atoms with Gasteiger partial charge in [0.2, 0.25) is 0 Å². The molecule has 0 saturated heterocycles. The fourth-order valence-electron chi connectivity index (χ4n) is 2.15. The summed E-state index contributed by atoms with van der Waals surface area (Å²) in [7, 11) is 0. The molecule has 0 spiro atoms. The molecule has 0 saturated carbocycles. The number of para-hydroxylation sites is 1. The van der Waals surface area contributed by atoms with Gasteiger partial charge in [0.15, 0.2) is 0 Å². The van der Waals surface area contributed by atoms with Gasteiger partial charge >= 0.3 is 0 Å². The van der Waals surface area contributed by atoms with Crippen LogP contribution in [-0.2, 0) is 6.61 Å². The SMILES string of the molecule is CCC(O)c1ccc(OCc2nc3ccccc3s2)cc1. The van der Waals surface area contributed by atoms with Gasteiger partial charge in [-0.05, 0) is 36.2 Å². The fourth-order valence-corrected chi connectivity index (χ4v) is 3.03. The van der Waals surface area contributed by atoms with Crippen LogP contribution in [0.3, 0.4) is 0 Å². The van der Waals surface area contributed by atoms with Gasteiger partial charge in [0.05, 0.1) is 16.3 Å². The van der Waals surface area contributed by atoms with E-state index in [1.54, 1.807) is 11.3 Å². The first-order valence-electron chi connectivity index (χ1n) is 7.01. The minimum atomic E-state index is -0.400. The van der Waals surface area contributed by atoms with E-state index in [1.807, 2.05) is 49.4 Å². The molecule has 3 nitrogen and oxygen atoms in total. The maximum Gasteiger partial charge on any atom is 0.140 e. The van der Waals surface area contributed by atoms with Gasteiger partial charge < -0.3 is 9.84 Å². The van der Waals surface area contributed by atoms with E-state index in [0.29, 0.717) is 13.0 Å². The Morgan fingerprint density at radius 2 is 1.90 bits per heavy atom. The summed E-state index contributed by atoms with van der Waals surface area (Å²) in [5.74, 6) is 0.793. The number of ether oxygens (including phenoxy) is 1. The van der Waals surface area contributed by atoms with E-state index in [0.717, 1.165) is 21.8 Å². The molecule has 0 amide bonds. The molecule has 0 aliphatic heterocycles. The lowest BCUT2D eigenvalue weighted by Gasteiger charge is -2.09. The summed E-state index contributed by atoms with van der Waals surface area (Å²) in [5.41, 5.74) is 1.94. The number of aliphatic hydroxyl groups is 1. The predicted molar refractivity (Wildman–Crippen MR) is 85.6 cm³/mol. The van der Waals surface area contributed by atoms with Crippen molar-refractivity contribution in [3.63, 3.8) is 0 Å². The first-order chi connectivity index (χ1) is 10.3. The lowest BCUT2D eigenvalue weighted by molar-refractivity contribution is 0.173. The molecule has 0 fully saturated rings. The zero-order valence-corrected chi connectivity index (χ0v) is 12.6. The molecule has 3 rings (SSSR count). The van der Waals surface area contributed by atoms with Gasteiger partial charge in [-0.2, -0.15) is 0 Å². The van der Waals surface area contributed by atoms with Gasteiger partial charge in [0.1, 0.15) is 17.4 Å². The van der Waals surface area contributed by atoms with Crippen LogP contribution in [0.5, 0.6) is 5.75 Å². The van der Waals surface area contributed by atoms with Crippen molar-refractivity contribution in [2.45, 2.75) is 26.1 Å². The Hall–Kier alpha value is -1.91. The van der Waals surface area contributed by atoms with Crippen LogP contribution in [0, 0.1) is 0 Å². The molecule has 0 aliphatic rings. The Morgan fingerprint density at radius 1 is 1.14 bits per heavy atom. The monoisotopic (exact) mass is 299 g/mol. The molecule has 0 bridgehead atoms. The number of nitrogens with zero attached hydrogens (tertiary/aromatic N) is 1. The zero-order chi connectivity index (χ0) is 14.7. The molecule has 3 aromatic rings. The Balaban J connectivity index is 1.67. The fraction of sp³-hybridized carbons (Fsp3) is 0.235. The molecule has 2 aromatic carbocycles. The van der Waals surface area contributed by atoms with Crippen molar-refractivity contribution in [3.05, 3.63) is 59.1 Å². The summed E-state index contributed by atoms with van der Waals surface area (Å²) in [5, 5.41) is 10.7. The van der Waals surface area contributed by atoms with Crippen molar-refractivity contribution in [2.24, 2.45) is 0 Å². The van der Waals surface area contributed by atoms with E-state index in [9.17, 15) is 5.11 Å². The summed E-state index contributed by atoms with van der Waals surface area (Å²) in [6.45, 7) is 2.43. The minimum absolute atomic E-state index is 0.400. The number of hydrogen-bond donors (Lipinski definition) is 1. The minimum Gasteiger partial charge on any atom is -0.486 e. The van der Waals surface area contributed by atoms with Crippen molar-refractivity contribution in [1.29, 1.82) is 0 Å². The number of aliphatic hydroxyl groups excluding tert-OH is 1. The van der Waals surface area contributed by atoms with E-state index in [-0.39, 0.29) is 0 Å². The Morgan fingerprint density at radius 3 is 2.62 bits per heavy atom. The summed E-state index contributed by atoms with van der Waals surface area (Å²) >= 11 is 1.65. The second kappa shape index (κ2) is 6.24. The Labute approximate surface area is 127 Å². The maximum atomic E-state index is 9.76. The van der Waals surface area contributed by atoms with E-state index in [2.05, 4.69) is 11.1 Å². The van der Waals surface area contributed by atoms with Crippen LogP contribution in [0.25, 0.3) is 10.2 Å². The van der Waals surface area contributed by atoms with Crippen LogP contribution >= 0.6 is 11.3 Å². The van der Waals surface area contributed by atoms with Crippen molar-refractivity contribution in [3.8, 4) is 5.75 Å². The number of thiazole rings is 1. The van der Waals surface area contributed by atoms with Crippen LogP contribution in [0.15, 0.2) is 48.5 Å². The summed E-state index contributed by atoms with van der Waals surface area (Å²) < 4.78 is 6.93. The van der Waals surface area contributed by atoms with E-state index in [1.165, 1.54) is 4.70 Å². The van der Waals surface area contributed by atoms with Crippen molar-refractivity contribution in [1.82, 2.24) is 4.98 Å². The van der Waals surface area contributed by atoms with Crippen molar-refractivity contribution < 1.29 is 9.84 Å². The van der Waals surface area contributed by atoms with Crippen molar-refractivity contribution >= 4 is 21.6 Å². The van der Waals surface area contributed by atoms with Crippen LogP contribution in [0.1, 0.15) is 30.0 Å². The van der Waals surface area contributed by atoms with Gasteiger partial charge in [0, 0.05) is 0 Å².